The summed E-state index contributed by atoms with van der Waals surface area (Å²) in [5, 5.41) is 18.2. The van der Waals surface area contributed by atoms with Gasteiger partial charge in [-0.05, 0) is 38.5 Å². The minimum Gasteiger partial charge on any atom is -0.462 e. The zero-order chi connectivity index (χ0) is 15.5. The lowest BCUT2D eigenvalue weighted by Gasteiger charge is -2.10. The first-order valence-electron chi connectivity index (χ1n) is 8.27. The van der Waals surface area contributed by atoms with Crippen LogP contribution < -0.4 is 0 Å². The van der Waals surface area contributed by atoms with Crippen molar-refractivity contribution in [2.45, 2.75) is 76.4 Å². The number of carbonyl (C=O) groups is 1. The average Bonchev–Trinajstić information content (AvgIpc) is 2.82. The Balaban J connectivity index is 2.03. The van der Waals surface area contributed by atoms with Crippen LogP contribution in [0.1, 0.15) is 64.2 Å². The first-order valence-corrected chi connectivity index (χ1v) is 8.27. The molecule has 1 unspecified atom stereocenters. The second-order valence-corrected chi connectivity index (χ2v) is 6.05. The van der Waals surface area contributed by atoms with Crippen LogP contribution in [0.3, 0.4) is 0 Å². The Labute approximate surface area is 128 Å². The molecule has 0 radical (unpaired) electrons. The van der Waals surface area contributed by atoms with Crippen molar-refractivity contribution < 1.29 is 19.7 Å². The van der Waals surface area contributed by atoms with Crippen molar-refractivity contribution in [1.82, 2.24) is 0 Å². The Morgan fingerprint density at radius 1 is 1.24 bits per heavy atom. The van der Waals surface area contributed by atoms with E-state index >= 15 is 0 Å². The molecule has 1 rings (SSSR count). The van der Waals surface area contributed by atoms with Crippen LogP contribution in [-0.4, -0.2) is 35.0 Å². The van der Waals surface area contributed by atoms with E-state index in [1.165, 1.54) is 32.1 Å². The zero-order valence-corrected chi connectivity index (χ0v) is 13.0. The van der Waals surface area contributed by atoms with Crippen LogP contribution in [0, 0.1) is 5.92 Å². The predicted octanol–water partition coefficient (Wildman–Crippen LogP) is 2.97. The lowest BCUT2D eigenvalue weighted by Crippen LogP contribution is -2.20. The zero-order valence-electron chi connectivity index (χ0n) is 13.0. The first-order chi connectivity index (χ1) is 10.2. The summed E-state index contributed by atoms with van der Waals surface area (Å²) in [6.07, 6.45) is 11.5. The summed E-state index contributed by atoms with van der Waals surface area (Å²) < 4.78 is 5.34. The molecule has 3 atom stereocenters. The molecule has 1 fully saturated rings. The molecule has 0 aromatic carbocycles. The smallest absolute Gasteiger partial charge is 0.309 e. The van der Waals surface area contributed by atoms with Gasteiger partial charge in [-0.2, -0.15) is 0 Å². The molecule has 0 aliphatic carbocycles. The third kappa shape index (κ3) is 7.63. The van der Waals surface area contributed by atoms with Gasteiger partial charge in [-0.15, -0.1) is 6.58 Å². The topological polar surface area (TPSA) is 66.8 Å². The number of allylic oxidation sites excluding steroid dienone is 1. The third-order valence-electron chi connectivity index (χ3n) is 4.12. The van der Waals surface area contributed by atoms with Gasteiger partial charge in [-0.3, -0.25) is 4.79 Å². The fourth-order valence-electron chi connectivity index (χ4n) is 2.86. The maximum Gasteiger partial charge on any atom is 0.309 e. The summed E-state index contributed by atoms with van der Waals surface area (Å²) in [5.41, 5.74) is 0. The highest BCUT2D eigenvalue weighted by Gasteiger charge is 2.34. The van der Waals surface area contributed by atoms with E-state index in [9.17, 15) is 9.90 Å². The molecule has 0 aromatic heterocycles. The number of aliphatic hydroxyl groups excluding tert-OH is 2. The van der Waals surface area contributed by atoms with Gasteiger partial charge in [-0.25, -0.2) is 0 Å². The summed E-state index contributed by atoms with van der Waals surface area (Å²) in [7, 11) is 0. The molecule has 4 nitrogen and oxygen atoms in total. The highest BCUT2D eigenvalue weighted by molar-refractivity contribution is 5.74. The normalized spacial score (nSPS) is 23.0. The van der Waals surface area contributed by atoms with Gasteiger partial charge in [0.15, 0.2) is 0 Å². The number of cyclic esters (lactones) is 1. The fraction of sp³-hybridized carbons (Fsp3) is 0.824. The van der Waals surface area contributed by atoms with Crippen LogP contribution in [0.15, 0.2) is 12.7 Å². The predicted molar refractivity (Wildman–Crippen MR) is 82.8 cm³/mol. The molecular weight excluding hydrogens is 268 g/mol. The molecule has 1 aliphatic rings. The van der Waals surface area contributed by atoms with Crippen molar-refractivity contribution >= 4 is 5.97 Å². The van der Waals surface area contributed by atoms with Crippen molar-refractivity contribution in [3.8, 4) is 0 Å². The van der Waals surface area contributed by atoms with Crippen LogP contribution in [0.4, 0.5) is 0 Å². The largest absolute Gasteiger partial charge is 0.462 e. The van der Waals surface area contributed by atoms with Gasteiger partial charge in [-0.1, -0.05) is 31.8 Å². The van der Waals surface area contributed by atoms with Gasteiger partial charge >= 0.3 is 5.97 Å². The summed E-state index contributed by atoms with van der Waals surface area (Å²) in [6.45, 7) is 3.43. The van der Waals surface area contributed by atoms with Crippen LogP contribution in [-0.2, 0) is 9.53 Å². The van der Waals surface area contributed by atoms with Crippen LogP contribution in [0.5, 0.6) is 0 Å². The highest BCUT2D eigenvalue weighted by atomic mass is 16.5. The maximum absolute atomic E-state index is 11.6. The van der Waals surface area contributed by atoms with E-state index in [0.717, 1.165) is 19.3 Å². The summed E-state index contributed by atoms with van der Waals surface area (Å²) >= 11 is 0. The number of rotatable bonds is 12. The van der Waals surface area contributed by atoms with Crippen LogP contribution >= 0.6 is 0 Å². The van der Waals surface area contributed by atoms with Gasteiger partial charge in [0, 0.05) is 0 Å². The van der Waals surface area contributed by atoms with Gasteiger partial charge in [0.2, 0.25) is 0 Å². The first kappa shape index (κ1) is 18.2. The van der Waals surface area contributed by atoms with E-state index in [1.807, 2.05) is 6.08 Å². The Bertz CT molecular complexity index is 303. The van der Waals surface area contributed by atoms with Gasteiger partial charge < -0.3 is 14.9 Å². The second-order valence-electron chi connectivity index (χ2n) is 6.05. The van der Waals surface area contributed by atoms with Crippen molar-refractivity contribution in [2.24, 2.45) is 5.92 Å². The summed E-state index contributed by atoms with van der Waals surface area (Å²) in [6, 6.07) is 0. The molecular formula is C17H30O4. The molecule has 122 valence electrons. The van der Waals surface area contributed by atoms with Gasteiger partial charge in [0.1, 0.15) is 6.10 Å². The molecule has 1 aliphatic heterocycles. The van der Waals surface area contributed by atoms with Gasteiger partial charge in [0.05, 0.1) is 18.6 Å². The van der Waals surface area contributed by atoms with Crippen molar-refractivity contribution in [1.29, 1.82) is 0 Å². The van der Waals surface area contributed by atoms with E-state index in [1.54, 1.807) is 0 Å². The monoisotopic (exact) mass is 298 g/mol. The lowest BCUT2D eigenvalue weighted by atomic mass is 9.96. The number of esters is 1. The van der Waals surface area contributed by atoms with Crippen LogP contribution in [0.25, 0.3) is 0 Å². The molecule has 1 saturated heterocycles. The molecule has 21 heavy (non-hydrogen) atoms. The summed E-state index contributed by atoms with van der Waals surface area (Å²) in [4.78, 5) is 11.6. The van der Waals surface area contributed by atoms with E-state index in [0.29, 0.717) is 12.8 Å². The van der Waals surface area contributed by atoms with Crippen molar-refractivity contribution in [3.63, 3.8) is 0 Å². The Hall–Kier alpha value is -0.870. The van der Waals surface area contributed by atoms with E-state index in [-0.39, 0.29) is 24.6 Å². The van der Waals surface area contributed by atoms with Crippen molar-refractivity contribution in [2.75, 3.05) is 6.61 Å². The molecule has 4 heteroatoms. The fourth-order valence-corrected chi connectivity index (χ4v) is 2.86. The molecule has 2 N–H and O–H groups in total. The molecule has 0 bridgehead atoms. The minimum absolute atomic E-state index is 0.00848. The Morgan fingerprint density at radius 2 is 1.90 bits per heavy atom. The van der Waals surface area contributed by atoms with E-state index in [2.05, 4.69) is 6.58 Å². The van der Waals surface area contributed by atoms with E-state index in [4.69, 9.17) is 9.84 Å². The van der Waals surface area contributed by atoms with Crippen molar-refractivity contribution in [3.05, 3.63) is 12.7 Å². The number of ether oxygens (including phenoxy) is 1. The minimum atomic E-state index is -0.808. The molecule has 0 aromatic rings. The number of unbranched alkanes of at least 4 members (excludes halogenated alkanes) is 6. The molecule has 0 amide bonds. The van der Waals surface area contributed by atoms with Gasteiger partial charge in [0.25, 0.3) is 0 Å². The van der Waals surface area contributed by atoms with Crippen LogP contribution in [0.2, 0.25) is 0 Å². The quantitative estimate of drug-likeness (QED) is 0.330. The standard InChI is InChI=1S/C17H30O4/c1-2-3-4-5-6-7-8-9-10-16-12-14(17(20)21-16)11-15(19)13-18/h2,14-16,18-19H,1,3-13H2/t14-,15+,16?/m0/s1. The second kappa shape index (κ2) is 10.8. The number of hydrogen-bond donors (Lipinski definition) is 2. The average molecular weight is 298 g/mol. The Morgan fingerprint density at radius 3 is 2.57 bits per heavy atom. The lowest BCUT2D eigenvalue weighted by molar-refractivity contribution is -0.145. The molecule has 1 heterocycles. The summed E-state index contributed by atoms with van der Waals surface area (Å²) in [5.74, 6) is -0.451. The number of aliphatic hydroxyl groups is 2. The SMILES string of the molecule is C=CCCCCCCCCC1C[C@H](C[C@@H](O)CO)C(=O)O1. The maximum atomic E-state index is 11.6. The number of hydrogen-bond acceptors (Lipinski definition) is 4. The van der Waals surface area contributed by atoms with E-state index < -0.39 is 6.10 Å². The number of carbonyl (C=O) groups excluding carboxylic acids is 1. The molecule has 0 saturated carbocycles. The molecule has 0 spiro atoms. The third-order valence-corrected chi connectivity index (χ3v) is 4.12. The highest BCUT2D eigenvalue weighted by Crippen LogP contribution is 2.28. The Kier molecular flexibility index (Phi) is 9.35.